The smallest absolute Gasteiger partial charge is 0.396 e. The first kappa shape index (κ1) is 20.6. The van der Waals surface area contributed by atoms with Crippen LogP contribution in [0.1, 0.15) is 17.5 Å². The zero-order valence-electron chi connectivity index (χ0n) is 15.8. The Morgan fingerprint density at radius 3 is 2.45 bits per heavy atom. The summed E-state index contributed by atoms with van der Waals surface area (Å²) in [6.07, 6.45) is -3.91. The highest BCUT2D eigenvalue weighted by Gasteiger charge is 2.30. The number of hydrogen-bond donors (Lipinski definition) is 3. The van der Waals surface area contributed by atoms with Crippen LogP contribution in [0.15, 0.2) is 54.6 Å². The summed E-state index contributed by atoms with van der Waals surface area (Å²) in [5.74, 6) is 0.694. The van der Waals surface area contributed by atoms with Crippen LogP contribution in [0.5, 0.6) is 0 Å². The molecule has 0 spiro atoms. The van der Waals surface area contributed by atoms with E-state index in [4.69, 9.17) is 5.11 Å². The second kappa shape index (κ2) is 8.91. The third kappa shape index (κ3) is 5.45. The van der Waals surface area contributed by atoms with Crippen molar-refractivity contribution in [2.45, 2.75) is 19.5 Å². The Hall–Kier alpha value is -3.13. The highest BCUT2D eigenvalue weighted by Crippen LogP contribution is 2.33. The van der Waals surface area contributed by atoms with Crippen molar-refractivity contribution in [1.29, 1.82) is 0 Å². The summed E-state index contributed by atoms with van der Waals surface area (Å²) in [5, 5.41) is 15.0. The molecule has 0 saturated carbocycles. The average molecular weight is 402 g/mol. The van der Waals surface area contributed by atoms with Crippen LogP contribution in [-0.2, 0) is 6.18 Å². The molecule has 2 aromatic carbocycles. The van der Waals surface area contributed by atoms with Gasteiger partial charge in [-0.05, 0) is 31.0 Å². The molecule has 0 radical (unpaired) electrons. The van der Waals surface area contributed by atoms with Gasteiger partial charge in [0.15, 0.2) is 0 Å². The first-order valence-corrected chi connectivity index (χ1v) is 9.11. The minimum Gasteiger partial charge on any atom is -0.396 e. The zero-order valence-corrected chi connectivity index (χ0v) is 15.8. The van der Waals surface area contributed by atoms with Gasteiger partial charge >= 0.3 is 6.18 Å². The number of nitrogens with one attached hydrogen (secondary N) is 2. The van der Waals surface area contributed by atoms with Crippen molar-refractivity contribution in [2.24, 2.45) is 0 Å². The molecule has 0 aliphatic heterocycles. The average Bonchev–Trinajstić information content (AvgIpc) is 2.69. The van der Waals surface area contributed by atoms with Gasteiger partial charge in [-0.25, -0.2) is 4.98 Å². The van der Waals surface area contributed by atoms with Gasteiger partial charge in [-0.1, -0.05) is 36.4 Å². The predicted molar refractivity (Wildman–Crippen MR) is 107 cm³/mol. The fraction of sp³-hybridized carbons (Fsp3) is 0.238. The standard InChI is InChI=1S/C21H21F3N4O/c1-14-8-9-16(21(22,23)24)12-17(14)26-19-13-18(15-6-3-2-4-7-15)27-20(28-19)25-10-5-11-29/h2-4,6-9,12-13,29H,5,10-11H2,1H3,(H2,25,26,27,28). The molecule has 0 saturated heterocycles. The van der Waals surface area contributed by atoms with Crippen molar-refractivity contribution in [3.05, 3.63) is 65.7 Å². The van der Waals surface area contributed by atoms with Crippen molar-refractivity contribution >= 4 is 17.5 Å². The van der Waals surface area contributed by atoms with Crippen molar-refractivity contribution in [3.8, 4) is 11.3 Å². The van der Waals surface area contributed by atoms with Crippen LogP contribution in [0.3, 0.4) is 0 Å². The van der Waals surface area contributed by atoms with Gasteiger partial charge in [0.25, 0.3) is 0 Å². The van der Waals surface area contributed by atoms with Gasteiger partial charge in [0.05, 0.1) is 11.3 Å². The Morgan fingerprint density at radius 2 is 1.76 bits per heavy atom. The normalized spacial score (nSPS) is 11.3. The number of alkyl halides is 3. The number of aromatic nitrogens is 2. The maximum absolute atomic E-state index is 13.1. The lowest BCUT2D eigenvalue weighted by atomic mass is 10.1. The minimum absolute atomic E-state index is 0.0277. The van der Waals surface area contributed by atoms with Gasteiger partial charge in [-0.3, -0.25) is 0 Å². The molecule has 1 aromatic heterocycles. The van der Waals surface area contributed by atoms with Gasteiger partial charge in [-0.2, -0.15) is 18.2 Å². The molecule has 1 heterocycles. The molecular weight excluding hydrogens is 381 g/mol. The number of rotatable bonds is 7. The summed E-state index contributed by atoms with van der Waals surface area (Å²) < 4.78 is 39.2. The Balaban J connectivity index is 1.97. The van der Waals surface area contributed by atoms with Gasteiger partial charge in [0.1, 0.15) is 5.82 Å². The van der Waals surface area contributed by atoms with Crippen LogP contribution in [0.4, 0.5) is 30.6 Å². The molecule has 29 heavy (non-hydrogen) atoms. The largest absolute Gasteiger partial charge is 0.416 e. The molecule has 152 valence electrons. The molecule has 0 aliphatic rings. The predicted octanol–water partition coefficient (Wildman–Crippen LogP) is 5.01. The molecule has 3 N–H and O–H groups in total. The number of benzene rings is 2. The van der Waals surface area contributed by atoms with Crippen LogP contribution in [0, 0.1) is 6.92 Å². The summed E-state index contributed by atoms with van der Waals surface area (Å²) in [6.45, 7) is 2.22. The molecule has 0 atom stereocenters. The van der Waals surface area contributed by atoms with E-state index in [1.165, 1.54) is 6.07 Å². The van der Waals surface area contributed by atoms with Crippen LogP contribution in [0.25, 0.3) is 11.3 Å². The monoisotopic (exact) mass is 402 g/mol. The molecule has 5 nitrogen and oxygen atoms in total. The number of anilines is 3. The molecule has 0 unspecified atom stereocenters. The fourth-order valence-electron chi connectivity index (χ4n) is 2.70. The topological polar surface area (TPSA) is 70.1 Å². The molecule has 0 amide bonds. The molecule has 0 fully saturated rings. The lowest BCUT2D eigenvalue weighted by molar-refractivity contribution is -0.137. The van der Waals surface area contributed by atoms with Crippen molar-refractivity contribution in [2.75, 3.05) is 23.8 Å². The maximum Gasteiger partial charge on any atom is 0.416 e. The van der Waals surface area contributed by atoms with E-state index in [0.717, 1.165) is 17.7 Å². The fourth-order valence-corrected chi connectivity index (χ4v) is 2.70. The van der Waals surface area contributed by atoms with E-state index in [2.05, 4.69) is 20.6 Å². The van der Waals surface area contributed by atoms with Gasteiger partial charge in [0, 0.05) is 30.5 Å². The van der Waals surface area contributed by atoms with E-state index in [1.807, 2.05) is 30.3 Å². The molecule has 8 heteroatoms. The van der Waals surface area contributed by atoms with Crippen LogP contribution in [-0.4, -0.2) is 28.2 Å². The molecule has 3 aromatic rings. The second-order valence-electron chi connectivity index (χ2n) is 6.48. The van der Waals surface area contributed by atoms with Crippen LogP contribution < -0.4 is 10.6 Å². The summed E-state index contributed by atoms with van der Waals surface area (Å²) in [7, 11) is 0. The van der Waals surface area contributed by atoms with E-state index in [1.54, 1.807) is 13.0 Å². The number of aryl methyl sites for hydroxylation is 1. The van der Waals surface area contributed by atoms with E-state index < -0.39 is 11.7 Å². The minimum atomic E-state index is -4.43. The van der Waals surface area contributed by atoms with E-state index in [-0.39, 0.29) is 6.61 Å². The van der Waals surface area contributed by atoms with Crippen molar-refractivity contribution < 1.29 is 18.3 Å². The van der Waals surface area contributed by atoms with Crippen molar-refractivity contribution in [3.63, 3.8) is 0 Å². The first-order chi connectivity index (χ1) is 13.9. The van der Waals surface area contributed by atoms with Crippen LogP contribution in [0.2, 0.25) is 0 Å². The summed E-state index contributed by atoms with van der Waals surface area (Å²) in [5.41, 5.74) is 1.72. The Kier molecular flexibility index (Phi) is 6.33. The SMILES string of the molecule is Cc1ccc(C(F)(F)F)cc1Nc1cc(-c2ccccc2)nc(NCCCO)n1. The quantitative estimate of drug-likeness (QED) is 0.485. The third-order valence-electron chi connectivity index (χ3n) is 4.24. The number of nitrogens with zero attached hydrogens (tertiary/aromatic N) is 2. The van der Waals surface area contributed by atoms with Gasteiger partial charge < -0.3 is 15.7 Å². The highest BCUT2D eigenvalue weighted by molar-refractivity contribution is 5.69. The van der Waals surface area contributed by atoms with E-state index in [0.29, 0.717) is 41.7 Å². The molecule has 3 rings (SSSR count). The summed E-state index contributed by atoms with van der Waals surface area (Å²) in [6, 6.07) is 14.6. The van der Waals surface area contributed by atoms with Crippen molar-refractivity contribution in [1.82, 2.24) is 9.97 Å². The Labute approximate surface area is 166 Å². The van der Waals surface area contributed by atoms with Gasteiger partial charge in [0.2, 0.25) is 5.95 Å². The Morgan fingerprint density at radius 1 is 1.00 bits per heavy atom. The number of hydrogen-bond acceptors (Lipinski definition) is 5. The third-order valence-corrected chi connectivity index (χ3v) is 4.24. The van der Waals surface area contributed by atoms with E-state index >= 15 is 0 Å². The number of halogens is 3. The second-order valence-corrected chi connectivity index (χ2v) is 6.48. The van der Waals surface area contributed by atoms with E-state index in [9.17, 15) is 13.2 Å². The maximum atomic E-state index is 13.1. The molecule has 0 aliphatic carbocycles. The zero-order chi connectivity index (χ0) is 20.9. The Bertz CT molecular complexity index is 962. The summed E-state index contributed by atoms with van der Waals surface area (Å²) in [4.78, 5) is 8.84. The van der Waals surface area contributed by atoms with Crippen LogP contribution >= 0.6 is 0 Å². The highest BCUT2D eigenvalue weighted by atomic mass is 19.4. The summed E-state index contributed by atoms with van der Waals surface area (Å²) >= 11 is 0. The molecule has 0 bridgehead atoms. The molecular formula is C21H21F3N4O. The van der Waals surface area contributed by atoms with Gasteiger partial charge in [-0.15, -0.1) is 0 Å². The first-order valence-electron chi connectivity index (χ1n) is 9.11. The number of aliphatic hydroxyl groups excluding tert-OH is 1. The lowest BCUT2D eigenvalue weighted by Gasteiger charge is -2.15. The lowest BCUT2D eigenvalue weighted by Crippen LogP contribution is -2.09. The number of aliphatic hydroxyl groups is 1.